The third kappa shape index (κ3) is 4.60. The largest absolute Gasteiger partial charge is 0.466 e. The molecule has 0 radical (unpaired) electrons. The fraction of sp³-hybridized carbons (Fsp3) is 0.333. The lowest BCUT2D eigenvalue weighted by Gasteiger charge is -2.38. The molecule has 32 heavy (non-hydrogen) atoms. The number of hydrogen-bond donors (Lipinski definition) is 2. The smallest absolute Gasteiger partial charge is 0.338 e. The Labute approximate surface area is 186 Å². The average molecular weight is 439 g/mol. The third-order valence-corrected chi connectivity index (χ3v) is 5.97. The summed E-state index contributed by atoms with van der Waals surface area (Å²) in [6.45, 7) is 5.79. The number of urea groups is 1. The van der Waals surface area contributed by atoms with Crippen LogP contribution in [0.2, 0.25) is 0 Å². The van der Waals surface area contributed by atoms with Crippen molar-refractivity contribution in [3.05, 3.63) is 76.7 Å². The zero-order valence-corrected chi connectivity index (χ0v) is 18.2. The minimum atomic E-state index is -0.708. The summed E-state index contributed by atoms with van der Waals surface area (Å²) < 4.78 is 18.4. The van der Waals surface area contributed by atoms with Gasteiger partial charge >= 0.3 is 12.0 Å². The fourth-order valence-electron chi connectivity index (χ4n) is 4.29. The summed E-state index contributed by atoms with van der Waals surface area (Å²) in [6, 6.07) is 12.9. The minimum absolute atomic E-state index is 0.333. The molecule has 2 N–H and O–H groups in total. The third-order valence-electron chi connectivity index (χ3n) is 5.97. The molecule has 0 unspecified atom stereocenters. The average Bonchev–Trinajstić information content (AvgIpc) is 2.80. The van der Waals surface area contributed by atoms with E-state index in [0.29, 0.717) is 23.4 Å². The van der Waals surface area contributed by atoms with Gasteiger partial charge in [-0.15, -0.1) is 0 Å². The van der Waals surface area contributed by atoms with Gasteiger partial charge in [0.2, 0.25) is 0 Å². The van der Waals surface area contributed by atoms with E-state index in [1.165, 1.54) is 30.5 Å². The van der Waals surface area contributed by atoms with Gasteiger partial charge in [-0.1, -0.05) is 30.3 Å². The number of para-hydroxylation sites is 1. The van der Waals surface area contributed by atoms with Gasteiger partial charge in [-0.05, 0) is 36.2 Å². The number of hydrogen-bond acceptors (Lipinski definition) is 5. The van der Waals surface area contributed by atoms with Crippen molar-refractivity contribution in [1.29, 1.82) is 0 Å². The summed E-state index contributed by atoms with van der Waals surface area (Å²) in [7, 11) is 1.31. The van der Waals surface area contributed by atoms with E-state index in [-0.39, 0.29) is 5.82 Å². The second-order valence-corrected chi connectivity index (χ2v) is 8.02. The number of halogens is 1. The first-order chi connectivity index (χ1) is 15.5. The van der Waals surface area contributed by atoms with Crippen LogP contribution in [0.3, 0.4) is 0 Å². The Bertz CT molecular complexity index is 1030. The lowest BCUT2D eigenvalue weighted by molar-refractivity contribution is -0.136. The van der Waals surface area contributed by atoms with Gasteiger partial charge in [-0.25, -0.2) is 14.0 Å². The number of esters is 1. The van der Waals surface area contributed by atoms with Crippen LogP contribution in [0.4, 0.5) is 14.9 Å². The van der Waals surface area contributed by atoms with Crippen molar-refractivity contribution in [2.45, 2.75) is 13.0 Å². The highest BCUT2D eigenvalue weighted by Gasteiger charge is 2.34. The maximum Gasteiger partial charge on any atom is 0.338 e. The first kappa shape index (κ1) is 21.8. The maximum atomic E-state index is 13.4. The van der Waals surface area contributed by atoms with Gasteiger partial charge in [0, 0.05) is 44.1 Å². The molecule has 1 atom stereocenters. The number of nitrogens with zero attached hydrogens (tertiary/aromatic N) is 2. The van der Waals surface area contributed by atoms with Crippen molar-refractivity contribution >= 4 is 17.7 Å². The summed E-state index contributed by atoms with van der Waals surface area (Å²) >= 11 is 0. The lowest BCUT2D eigenvalue weighted by atomic mass is 9.95. The van der Waals surface area contributed by atoms with E-state index in [9.17, 15) is 14.0 Å². The molecule has 2 aromatic carbocycles. The molecule has 0 aromatic heterocycles. The van der Waals surface area contributed by atoms with Crippen molar-refractivity contribution in [2.75, 3.05) is 44.7 Å². The zero-order valence-electron chi connectivity index (χ0n) is 18.2. The van der Waals surface area contributed by atoms with Gasteiger partial charge in [0.25, 0.3) is 0 Å². The molecule has 2 heterocycles. The number of nitrogens with one attached hydrogen (secondary N) is 2. The van der Waals surface area contributed by atoms with Crippen LogP contribution < -0.4 is 15.5 Å². The summed E-state index contributed by atoms with van der Waals surface area (Å²) in [5.41, 5.74) is 3.93. The standard InChI is InChI=1S/C24H27FN4O3/c1-16-5-3-4-6-20(16)29-13-11-28(12-14-29)15-19-21(23(30)32-2)22(27-24(31)26-19)17-7-9-18(25)10-8-17/h3-10,22H,11-15H2,1-2H3,(H2,26,27,31)/t22-/m0/s1. The number of anilines is 1. The van der Waals surface area contributed by atoms with Gasteiger partial charge in [0.15, 0.2) is 0 Å². The highest BCUT2D eigenvalue weighted by atomic mass is 19.1. The number of amides is 2. The number of carbonyl (C=O) groups is 2. The number of methoxy groups -OCH3 is 1. The molecule has 0 spiro atoms. The number of benzene rings is 2. The highest BCUT2D eigenvalue weighted by Crippen LogP contribution is 2.29. The van der Waals surface area contributed by atoms with Crippen molar-refractivity contribution in [2.24, 2.45) is 0 Å². The maximum absolute atomic E-state index is 13.4. The first-order valence-electron chi connectivity index (χ1n) is 10.6. The molecule has 0 saturated carbocycles. The number of carbonyl (C=O) groups excluding carboxylic acids is 2. The van der Waals surface area contributed by atoms with E-state index in [4.69, 9.17) is 4.74 Å². The Kier molecular flexibility index (Phi) is 6.41. The summed E-state index contributed by atoms with van der Waals surface area (Å²) in [5.74, 6) is -0.912. The molecule has 2 aliphatic rings. The van der Waals surface area contributed by atoms with Crippen molar-refractivity contribution in [3.8, 4) is 0 Å². The molecule has 1 saturated heterocycles. The summed E-state index contributed by atoms with van der Waals surface area (Å²) in [6.07, 6.45) is 0. The van der Waals surface area contributed by atoms with Crippen LogP contribution in [0.15, 0.2) is 59.8 Å². The Morgan fingerprint density at radius 2 is 1.78 bits per heavy atom. The lowest BCUT2D eigenvalue weighted by Crippen LogP contribution is -2.51. The van der Waals surface area contributed by atoms with E-state index in [1.807, 2.05) is 12.1 Å². The van der Waals surface area contributed by atoms with Crippen LogP contribution >= 0.6 is 0 Å². The number of ether oxygens (including phenoxy) is 1. The molecule has 2 amide bonds. The van der Waals surface area contributed by atoms with Crippen molar-refractivity contribution in [3.63, 3.8) is 0 Å². The van der Waals surface area contributed by atoms with Crippen LogP contribution in [0.5, 0.6) is 0 Å². The van der Waals surface area contributed by atoms with Gasteiger partial charge in [0.1, 0.15) is 5.82 Å². The molecule has 0 aliphatic carbocycles. The predicted octanol–water partition coefficient (Wildman–Crippen LogP) is 2.74. The molecule has 7 nitrogen and oxygen atoms in total. The summed E-state index contributed by atoms with van der Waals surface area (Å²) in [4.78, 5) is 29.6. The second-order valence-electron chi connectivity index (χ2n) is 8.02. The van der Waals surface area contributed by atoms with Gasteiger partial charge in [-0.2, -0.15) is 0 Å². The van der Waals surface area contributed by atoms with E-state index in [0.717, 1.165) is 26.2 Å². The van der Waals surface area contributed by atoms with Gasteiger partial charge < -0.3 is 20.3 Å². The SMILES string of the molecule is COC(=O)C1=C(CN2CCN(c3ccccc3C)CC2)NC(=O)N[C@H]1c1ccc(F)cc1. The van der Waals surface area contributed by atoms with Crippen LogP contribution in [-0.4, -0.2) is 56.7 Å². The van der Waals surface area contributed by atoms with Crippen LogP contribution in [0, 0.1) is 12.7 Å². The molecule has 2 aliphatic heterocycles. The Morgan fingerprint density at radius 3 is 2.44 bits per heavy atom. The number of piperazine rings is 1. The van der Waals surface area contributed by atoms with Crippen molar-refractivity contribution in [1.82, 2.24) is 15.5 Å². The minimum Gasteiger partial charge on any atom is -0.466 e. The molecule has 1 fully saturated rings. The van der Waals surface area contributed by atoms with E-state index >= 15 is 0 Å². The second kappa shape index (κ2) is 9.40. The Morgan fingerprint density at radius 1 is 1.09 bits per heavy atom. The Balaban J connectivity index is 1.55. The van der Waals surface area contributed by atoms with Gasteiger partial charge in [-0.3, -0.25) is 4.90 Å². The van der Waals surface area contributed by atoms with Crippen LogP contribution in [0.1, 0.15) is 17.2 Å². The van der Waals surface area contributed by atoms with Gasteiger partial charge in [0.05, 0.1) is 18.7 Å². The predicted molar refractivity (Wildman–Crippen MR) is 120 cm³/mol. The quantitative estimate of drug-likeness (QED) is 0.703. The fourth-order valence-corrected chi connectivity index (χ4v) is 4.29. The summed E-state index contributed by atoms with van der Waals surface area (Å²) in [5, 5.41) is 5.55. The molecular formula is C24H27FN4O3. The topological polar surface area (TPSA) is 73.9 Å². The number of rotatable bonds is 5. The molecule has 0 bridgehead atoms. The molecule has 8 heteroatoms. The number of aryl methyl sites for hydroxylation is 1. The molecule has 168 valence electrons. The van der Waals surface area contributed by atoms with Crippen molar-refractivity contribution < 1.29 is 18.7 Å². The highest BCUT2D eigenvalue weighted by molar-refractivity contribution is 5.95. The van der Waals surface area contributed by atoms with Crippen LogP contribution in [0.25, 0.3) is 0 Å². The molecule has 4 rings (SSSR count). The van der Waals surface area contributed by atoms with E-state index in [1.54, 1.807) is 12.1 Å². The van der Waals surface area contributed by atoms with Crippen LogP contribution in [-0.2, 0) is 9.53 Å². The first-order valence-corrected chi connectivity index (χ1v) is 10.6. The van der Waals surface area contributed by atoms with E-state index < -0.39 is 18.0 Å². The van der Waals surface area contributed by atoms with E-state index in [2.05, 4.69) is 39.5 Å². The Hall–Kier alpha value is -3.39. The zero-order chi connectivity index (χ0) is 22.7. The molecule has 2 aromatic rings. The monoisotopic (exact) mass is 438 g/mol. The molecular weight excluding hydrogens is 411 g/mol. The normalized spacial score (nSPS) is 19.4.